The Kier molecular flexibility index (Phi) is 7.08. The summed E-state index contributed by atoms with van der Waals surface area (Å²) in [6.07, 6.45) is 1.19. The molecule has 1 aliphatic rings. The Morgan fingerprint density at radius 3 is 2.39 bits per heavy atom. The molecule has 2 heterocycles. The van der Waals surface area contributed by atoms with Crippen LogP contribution in [0.15, 0.2) is 54.7 Å². The molecular weight excluding hydrogens is 396 g/mol. The molecule has 1 aromatic carbocycles. The highest BCUT2D eigenvalue weighted by Crippen LogP contribution is 2.38. The molecule has 3 rings (SSSR count). The predicted molar refractivity (Wildman–Crippen MR) is 115 cm³/mol. The predicted octanol–water partition coefficient (Wildman–Crippen LogP) is 3.19. The molecule has 0 radical (unpaired) electrons. The number of hydrogen-bond acceptors (Lipinski definition) is 6. The number of rotatable bonds is 7. The number of aliphatic hydroxyl groups is 1. The van der Waals surface area contributed by atoms with Gasteiger partial charge in [0.15, 0.2) is 0 Å². The molecule has 4 atom stereocenters. The zero-order chi connectivity index (χ0) is 22.6. The molecule has 1 fully saturated rings. The number of pyridine rings is 1. The van der Waals surface area contributed by atoms with Gasteiger partial charge in [0.2, 0.25) is 0 Å². The molecule has 0 amide bonds. The van der Waals surface area contributed by atoms with E-state index in [1.165, 1.54) is 0 Å². The van der Waals surface area contributed by atoms with E-state index in [0.29, 0.717) is 25.1 Å². The second-order valence-electron chi connectivity index (χ2n) is 8.92. The number of carboxylic acids is 1. The molecule has 166 valence electrons. The normalized spacial score (nSPS) is 21.4. The minimum absolute atomic E-state index is 0.358. The molecule has 7 heteroatoms. The number of ether oxygens (including phenoxy) is 1. The molecule has 0 spiro atoms. The molecule has 1 aromatic heterocycles. The van der Waals surface area contributed by atoms with Gasteiger partial charge in [0.25, 0.3) is 0 Å². The third kappa shape index (κ3) is 5.68. The van der Waals surface area contributed by atoms with Crippen molar-refractivity contribution in [2.24, 2.45) is 5.92 Å². The average Bonchev–Trinajstić information content (AvgIpc) is 3.11. The van der Waals surface area contributed by atoms with Crippen molar-refractivity contribution in [1.29, 1.82) is 0 Å². The molecular formula is C24H30N2O5. The van der Waals surface area contributed by atoms with Crippen LogP contribution in [-0.4, -0.2) is 49.7 Å². The second kappa shape index (κ2) is 9.58. The van der Waals surface area contributed by atoms with Gasteiger partial charge in [-0.2, -0.15) is 0 Å². The minimum atomic E-state index is -1.22. The van der Waals surface area contributed by atoms with Crippen LogP contribution in [-0.2, 0) is 20.9 Å². The molecule has 2 unspecified atom stereocenters. The smallest absolute Gasteiger partial charge is 0.320 e. The fourth-order valence-corrected chi connectivity index (χ4v) is 4.17. The first-order valence-corrected chi connectivity index (χ1v) is 10.5. The largest absolute Gasteiger partial charge is 0.480 e. The number of aliphatic carboxylic acids is 1. The average molecular weight is 427 g/mol. The maximum atomic E-state index is 13.3. The van der Waals surface area contributed by atoms with Crippen molar-refractivity contribution in [3.05, 3.63) is 66.0 Å². The lowest BCUT2D eigenvalue weighted by Gasteiger charge is -2.36. The van der Waals surface area contributed by atoms with Gasteiger partial charge < -0.3 is 14.9 Å². The van der Waals surface area contributed by atoms with E-state index in [-0.39, 0.29) is 0 Å². The van der Waals surface area contributed by atoms with Crippen molar-refractivity contribution in [1.82, 2.24) is 9.88 Å². The molecule has 0 saturated carbocycles. The fourth-order valence-electron chi connectivity index (χ4n) is 4.17. The van der Waals surface area contributed by atoms with Crippen LogP contribution in [0.1, 0.15) is 51.0 Å². The van der Waals surface area contributed by atoms with Gasteiger partial charge in [-0.05, 0) is 51.3 Å². The molecule has 2 N–H and O–H groups in total. The van der Waals surface area contributed by atoms with Gasteiger partial charge in [0, 0.05) is 18.8 Å². The zero-order valence-electron chi connectivity index (χ0n) is 18.1. The highest BCUT2D eigenvalue weighted by Gasteiger charge is 2.48. The highest BCUT2D eigenvalue weighted by molar-refractivity contribution is 5.77. The number of aromatic nitrogens is 1. The first-order valence-electron chi connectivity index (χ1n) is 10.5. The molecule has 1 aliphatic heterocycles. The Labute approximate surface area is 182 Å². The van der Waals surface area contributed by atoms with Crippen molar-refractivity contribution in [3.8, 4) is 0 Å². The van der Waals surface area contributed by atoms with Crippen LogP contribution in [0.3, 0.4) is 0 Å². The Balaban J connectivity index is 1.98. The maximum Gasteiger partial charge on any atom is 0.320 e. The molecule has 1 saturated heterocycles. The molecule has 31 heavy (non-hydrogen) atoms. The fraction of sp³-hybridized carbons (Fsp3) is 0.458. The number of hydrogen-bond donors (Lipinski definition) is 2. The summed E-state index contributed by atoms with van der Waals surface area (Å²) in [7, 11) is 0. The topological polar surface area (TPSA) is 100.0 Å². The molecule has 0 bridgehead atoms. The number of esters is 1. The van der Waals surface area contributed by atoms with Crippen molar-refractivity contribution in [2.45, 2.75) is 63.9 Å². The summed E-state index contributed by atoms with van der Waals surface area (Å²) < 4.78 is 5.65. The van der Waals surface area contributed by atoms with E-state index < -0.39 is 41.6 Å². The Morgan fingerprint density at radius 2 is 1.81 bits per heavy atom. The van der Waals surface area contributed by atoms with Crippen molar-refractivity contribution in [2.75, 3.05) is 0 Å². The van der Waals surface area contributed by atoms with Gasteiger partial charge in [0.1, 0.15) is 23.7 Å². The lowest BCUT2D eigenvalue weighted by atomic mass is 9.89. The first kappa shape index (κ1) is 22.9. The van der Waals surface area contributed by atoms with E-state index in [1.54, 1.807) is 50.1 Å². The summed E-state index contributed by atoms with van der Waals surface area (Å²) in [5, 5.41) is 21.0. The molecule has 7 nitrogen and oxygen atoms in total. The number of aliphatic hydroxyl groups excluding tert-OH is 1. The monoisotopic (exact) mass is 426 g/mol. The summed E-state index contributed by atoms with van der Waals surface area (Å²) in [5.41, 5.74) is 0.557. The van der Waals surface area contributed by atoms with Gasteiger partial charge in [-0.15, -0.1) is 0 Å². The van der Waals surface area contributed by atoms with Crippen LogP contribution >= 0.6 is 0 Å². The minimum Gasteiger partial charge on any atom is -0.480 e. The van der Waals surface area contributed by atoms with E-state index in [0.717, 1.165) is 5.56 Å². The first-order chi connectivity index (χ1) is 14.7. The zero-order valence-corrected chi connectivity index (χ0v) is 18.1. The standard InChI is InChI=1S/C24H30N2O5/c1-24(2,3)31-23(30)20(21(27)17-11-7-8-14-25-17)18-12-13-19(22(28)29)26(18)15-16-9-5-4-6-10-16/h4-11,14,18-21,27H,12-13,15H2,1-3H3,(H,28,29)/t18-,19+,20?,21?/m1/s1. The highest BCUT2D eigenvalue weighted by atomic mass is 16.6. The lowest BCUT2D eigenvalue weighted by Crippen LogP contribution is -2.48. The van der Waals surface area contributed by atoms with E-state index >= 15 is 0 Å². The van der Waals surface area contributed by atoms with E-state index in [9.17, 15) is 19.8 Å². The van der Waals surface area contributed by atoms with Gasteiger partial charge in [-0.1, -0.05) is 36.4 Å². The van der Waals surface area contributed by atoms with E-state index in [1.807, 2.05) is 30.3 Å². The second-order valence-corrected chi connectivity index (χ2v) is 8.92. The summed E-state index contributed by atoms with van der Waals surface area (Å²) in [5.74, 6) is -2.46. The van der Waals surface area contributed by atoms with Crippen molar-refractivity contribution >= 4 is 11.9 Å². The summed E-state index contributed by atoms with van der Waals surface area (Å²) in [6.45, 7) is 5.67. The third-order valence-corrected chi connectivity index (χ3v) is 5.48. The number of nitrogens with zero attached hydrogens (tertiary/aromatic N) is 2. The molecule has 2 aromatic rings. The number of benzene rings is 1. The van der Waals surface area contributed by atoms with Crippen LogP contribution in [0.5, 0.6) is 0 Å². The number of carbonyl (C=O) groups is 2. The van der Waals surface area contributed by atoms with Gasteiger partial charge >= 0.3 is 11.9 Å². The van der Waals surface area contributed by atoms with Crippen molar-refractivity contribution < 1.29 is 24.5 Å². The summed E-state index contributed by atoms with van der Waals surface area (Å²) in [6, 6.07) is 13.4. The quantitative estimate of drug-likeness (QED) is 0.656. The van der Waals surface area contributed by atoms with Crippen LogP contribution in [0.2, 0.25) is 0 Å². The number of carbonyl (C=O) groups excluding carboxylic acids is 1. The lowest BCUT2D eigenvalue weighted by molar-refractivity contribution is -0.169. The molecule has 0 aliphatic carbocycles. The summed E-state index contributed by atoms with van der Waals surface area (Å²) >= 11 is 0. The third-order valence-electron chi connectivity index (χ3n) is 5.48. The van der Waals surface area contributed by atoms with Gasteiger partial charge in [-0.25, -0.2) is 0 Å². The van der Waals surface area contributed by atoms with Crippen LogP contribution < -0.4 is 0 Å². The Bertz CT molecular complexity index is 882. The van der Waals surface area contributed by atoms with E-state index in [4.69, 9.17) is 4.74 Å². The SMILES string of the molecule is CC(C)(C)OC(=O)C(C(O)c1ccccn1)[C@H]1CC[C@@H](C(=O)O)N1Cc1ccccc1. The van der Waals surface area contributed by atoms with E-state index in [2.05, 4.69) is 4.98 Å². The summed E-state index contributed by atoms with van der Waals surface area (Å²) in [4.78, 5) is 31.3. The van der Waals surface area contributed by atoms with Crippen molar-refractivity contribution in [3.63, 3.8) is 0 Å². The van der Waals surface area contributed by atoms with Gasteiger partial charge in [-0.3, -0.25) is 19.5 Å². The van der Waals surface area contributed by atoms with Gasteiger partial charge in [0.05, 0.1) is 5.69 Å². The Hall–Kier alpha value is -2.77. The van der Waals surface area contributed by atoms with Crippen LogP contribution in [0, 0.1) is 5.92 Å². The Morgan fingerprint density at radius 1 is 1.13 bits per heavy atom. The maximum absolute atomic E-state index is 13.3. The van der Waals surface area contributed by atoms with Crippen LogP contribution in [0.4, 0.5) is 0 Å². The van der Waals surface area contributed by atoms with Crippen LogP contribution in [0.25, 0.3) is 0 Å². The number of carboxylic acid groups (broad SMARTS) is 1. The number of likely N-dealkylation sites (tertiary alicyclic amines) is 1.